The summed E-state index contributed by atoms with van der Waals surface area (Å²) in [6, 6.07) is 12.6. The first-order valence-electron chi connectivity index (χ1n) is 10.7. The molecule has 2 aromatic carbocycles. The number of methoxy groups -OCH3 is 1. The molecule has 0 bridgehead atoms. The van der Waals surface area contributed by atoms with Crippen molar-refractivity contribution in [1.29, 1.82) is 0 Å². The number of ether oxygens (including phenoxy) is 4. The minimum absolute atomic E-state index is 0.240. The fourth-order valence-electron chi connectivity index (χ4n) is 3.77. The molecule has 186 valence electrons. The van der Waals surface area contributed by atoms with Crippen molar-refractivity contribution < 1.29 is 49.2 Å². The number of hydrogen-bond donors (Lipinski definition) is 4. The molecule has 0 radical (unpaired) electrons. The molecule has 1 saturated heterocycles. The molecule has 1 fully saturated rings. The number of esters is 1. The van der Waals surface area contributed by atoms with Crippen molar-refractivity contribution in [3.05, 3.63) is 59.2 Å². The summed E-state index contributed by atoms with van der Waals surface area (Å²) in [6.07, 6.45) is -5.08. The maximum absolute atomic E-state index is 11.7. The van der Waals surface area contributed by atoms with Crippen LogP contribution in [0.15, 0.2) is 42.5 Å². The molecule has 0 unspecified atom stereocenters. The molecule has 4 N–H and O–H groups in total. The molecule has 10 heteroatoms. The summed E-state index contributed by atoms with van der Waals surface area (Å²) in [5.74, 6) is 0.326. The molecule has 0 saturated carbocycles. The van der Waals surface area contributed by atoms with Crippen molar-refractivity contribution in [2.45, 2.75) is 57.1 Å². The number of hydrogen-bond acceptors (Lipinski definition) is 10. The largest absolute Gasteiger partial charge is 0.497 e. The van der Waals surface area contributed by atoms with E-state index in [4.69, 9.17) is 24.2 Å². The van der Waals surface area contributed by atoms with Crippen molar-refractivity contribution >= 4 is 5.97 Å². The van der Waals surface area contributed by atoms with E-state index in [0.29, 0.717) is 23.5 Å². The van der Waals surface area contributed by atoms with Gasteiger partial charge in [0.25, 0.3) is 0 Å². The van der Waals surface area contributed by atoms with Gasteiger partial charge in [0.15, 0.2) is 6.10 Å². The van der Waals surface area contributed by atoms with Gasteiger partial charge in [0.2, 0.25) is 6.29 Å². The van der Waals surface area contributed by atoms with E-state index in [0.717, 1.165) is 18.1 Å². The molecule has 5 atom stereocenters. The Morgan fingerprint density at radius 2 is 1.82 bits per heavy atom. The lowest BCUT2D eigenvalue weighted by atomic mass is 9.86. The van der Waals surface area contributed by atoms with Gasteiger partial charge in [-0.25, -0.2) is 4.89 Å². The van der Waals surface area contributed by atoms with Crippen LogP contribution in [0.4, 0.5) is 0 Å². The Labute approximate surface area is 197 Å². The summed E-state index contributed by atoms with van der Waals surface area (Å²) >= 11 is 0. The van der Waals surface area contributed by atoms with E-state index in [1.165, 1.54) is 6.92 Å². The minimum atomic E-state index is -1.92. The Morgan fingerprint density at radius 1 is 1.15 bits per heavy atom. The standard InChI is InChI=1S/C24H30O10/c1-14(26)32-21-22(27)24(2,28)20(13-31-29)34-23(21)33-19-11-16(12-25)4-7-17(19)10-15-5-8-18(30-3)9-6-15/h4-9,11,20-23,25,27-29H,10,12-13H2,1-3H3/t20-,21-,22-,23-,24-/m1/s1. The van der Waals surface area contributed by atoms with Gasteiger partial charge in [-0.15, -0.1) is 0 Å². The van der Waals surface area contributed by atoms with E-state index < -0.39 is 42.8 Å². The maximum atomic E-state index is 11.7. The molecule has 10 nitrogen and oxygen atoms in total. The Morgan fingerprint density at radius 3 is 2.41 bits per heavy atom. The Kier molecular flexibility index (Phi) is 8.47. The Balaban J connectivity index is 1.94. The van der Waals surface area contributed by atoms with Crippen molar-refractivity contribution in [2.24, 2.45) is 0 Å². The summed E-state index contributed by atoms with van der Waals surface area (Å²) in [6.45, 7) is 1.72. The molecule has 1 aliphatic heterocycles. The first-order valence-corrected chi connectivity index (χ1v) is 10.7. The first-order chi connectivity index (χ1) is 16.2. The molecule has 0 amide bonds. The zero-order valence-corrected chi connectivity index (χ0v) is 19.2. The second-order valence-corrected chi connectivity index (χ2v) is 8.28. The zero-order valence-electron chi connectivity index (χ0n) is 19.2. The number of benzene rings is 2. The number of aliphatic hydroxyl groups is 3. The van der Waals surface area contributed by atoms with E-state index in [1.807, 2.05) is 24.3 Å². The van der Waals surface area contributed by atoms with Crippen LogP contribution in [-0.4, -0.2) is 70.5 Å². The molecule has 0 spiro atoms. The van der Waals surface area contributed by atoms with Crippen LogP contribution in [-0.2, 0) is 32.2 Å². The summed E-state index contributed by atoms with van der Waals surface area (Å²) in [5, 5.41) is 40.0. The number of aliphatic hydroxyl groups excluding tert-OH is 2. The summed E-state index contributed by atoms with van der Waals surface area (Å²) in [5.41, 5.74) is 0.338. The van der Waals surface area contributed by atoms with Crippen LogP contribution < -0.4 is 9.47 Å². The molecular formula is C24H30O10. The third-order valence-electron chi connectivity index (χ3n) is 5.77. The monoisotopic (exact) mass is 478 g/mol. The maximum Gasteiger partial charge on any atom is 0.303 e. The normalized spacial score (nSPS) is 26.7. The van der Waals surface area contributed by atoms with Crippen LogP contribution >= 0.6 is 0 Å². The lowest BCUT2D eigenvalue weighted by Crippen LogP contribution is -2.67. The van der Waals surface area contributed by atoms with Crippen LogP contribution in [0.1, 0.15) is 30.5 Å². The van der Waals surface area contributed by atoms with Gasteiger partial charge in [-0.1, -0.05) is 24.3 Å². The van der Waals surface area contributed by atoms with Crippen molar-refractivity contribution in [3.8, 4) is 11.5 Å². The third kappa shape index (κ3) is 5.84. The van der Waals surface area contributed by atoms with Gasteiger partial charge in [-0.05, 0) is 41.8 Å². The fraction of sp³-hybridized carbons (Fsp3) is 0.458. The lowest BCUT2D eigenvalue weighted by molar-refractivity contribution is -0.341. The minimum Gasteiger partial charge on any atom is -0.497 e. The average molecular weight is 478 g/mol. The quantitative estimate of drug-likeness (QED) is 0.237. The molecule has 34 heavy (non-hydrogen) atoms. The van der Waals surface area contributed by atoms with E-state index in [-0.39, 0.29) is 6.61 Å². The van der Waals surface area contributed by atoms with Gasteiger partial charge < -0.3 is 34.3 Å². The van der Waals surface area contributed by atoms with Gasteiger partial charge in [0.05, 0.1) is 13.7 Å². The van der Waals surface area contributed by atoms with Gasteiger partial charge in [-0.3, -0.25) is 10.1 Å². The number of rotatable bonds is 9. The van der Waals surface area contributed by atoms with Gasteiger partial charge >= 0.3 is 5.97 Å². The predicted molar refractivity (Wildman–Crippen MR) is 118 cm³/mol. The van der Waals surface area contributed by atoms with E-state index in [2.05, 4.69) is 4.89 Å². The van der Waals surface area contributed by atoms with Crippen LogP contribution in [0.2, 0.25) is 0 Å². The van der Waals surface area contributed by atoms with Gasteiger partial charge in [0.1, 0.15) is 35.9 Å². The third-order valence-corrected chi connectivity index (χ3v) is 5.77. The second kappa shape index (κ2) is 11.1. The van der Waals surface area contributed by atoms with Crippen LogP contribution in [0.25, 0.3) is 0 Å². The van der Waals surface area contributed by atoms with Gasteiger partial charge in [0, 0.05) is 13.3 Å². The van der Waals surface area contributed by atoms with E-state index in [1.54, 1.807) is 25.3 Å². The van der Waals surface area contributed by atoms with Crippen LogP contribution in [0.5, 0.6) is 11.5 Å². The SMILES string of the molecule is COc1ccc(Cc2ccc(CO)cc2O[C@@H]2O[C@H](COO)[C@@](C)(O)[C@H](O)[C@H]2OC(C)=O)cc1. The fourth-order valence-corrected chi connectivity index (χ4v) is 3.77. The molecule has 0 aliphatic carbocycles. The molecule has 3 rings (SSSR count). The lowest BCUT2D eigenvalue weighted by Gasteiger charge is -2.47. The highest BCUT2D eigenvalue weighted by atomic mass is 17.1. The average Bonchev–Trinajstić information content (AvgIpc) is 2.81. The van der Waals surface area contributed by atoms with Gasteiger partial charge in [-0.2, -0.15) is 0 Å². The topological polar surface area (TPSA) is 144 Å². The molecule has 1 heterocycles. The summed E-state index contributed by atoms with van der Waals surface area (Å²) in [4.78, 5) is 15.8. The van der Waals surface area contributed by atoms with Crippen LogP contribution in [0, 0.1) is 0 Å². The highest BCUT2D eigenvalue weighted by molar-refractivity contribution is 5.66. The van der Waals surface area contributed by atoms with E-state index in [9.17, 15) is 20.1 Å². The van der Waals surface area contributed by atoms with Crippen molar-refractivity contribution in [3.63, 3.8) is 0 Å². The Bertz CT molecular complexity index is 959. The van der Waals surface area contributed by atoms with Crippen molar-refractivity contribution in [2.75, 3.05) is 13.7 Å². The van der Waals surface area contributed by atoms with Crippen LogP contribution in [0.3, 0.4) is 0 Å². The smallest absolute Gasteiger partial charge is 0.303 e. The number of carbonyl (C=O) groups is 1. The zero-order chi connectivity index (χ0) is 24.9. The summed E-state index contributed by atoms with van der Waals surface area (Å²) < 4.78 is 22.2. The molecular weight excluding hydrogens is 448 g/mol. The molecule has 2 aromatic rings. The second-order valence-electron chi connectivity index (χ2n) is 8.28. The Hall–Kier alpha value is -2.73. The highest BCUT2D eigenvalue weighted by Crippen LogP contribution is 2.35. The first kappa shape index (κ1) is 25.9. The number of carbonyl (C=O) groups excluding carboxylic acids is 1. The highest BCUT2D eigenvalue weighted by Gasteiger charge is 2.55. The van der Waals surface area contributed by atoms with Crippen molar-refractivity contribution in [1.82, 2.24) is 0 Å². The summed E-state index contributed by atoms with van der Waals surface area (Å²) in [7, 11) is 1.58. The molecule has 1 aliphatic rings. The molecule has 0 aromatic heterocycles. The van der Waals surface area contributed by atoms with E-state index >= 15 is 0 Å². The predicted octanol–water partition coefficient (Wildman–Crippen LogP) is 1.42.